The van der Waals surface area contributed by atoms with Crippen molar-refractivity contribution in [2.45, 2.75) is 32.1 Å². The highest BCUT2D eigenvalue weighted by Crippen LogP contribution is 2.26. The van der Waals surface area contributed by atoms with E-state index < -0.39 is 0 Å². The van der Waals surface area contributed by atoms with Crippen LogP contribution in [0.25, 0.3) is 10.1 Å². The van der Waals surface area contributed by atoms with Gasteiger partial charge in [-0.05, 0) is 32.0 Å². The molecule has 4 heteroatoms. The maximum absolute atomic E-state index is 12.4. The van der Waals surface area contributed by atoms with Gasteiger partial charge >= 0.3 is 0 Å². The zero-order chi connectivity index (χ0) is 13.8. The van der Waals surface area contributed by atoms with E-state index in [1.165, 1.54) is 30.4 Å². The molecule has 2 aromatic rings. The molecule has 1 saturated heterocycles. The SMILES string of the molecule is Cl.O=C(CCN1CCCCCC1)c1csc2ccccc12. The van der Waals surface area contributed by atoms with Crippen molar-refractivity contribution in [2.75, 3.05) is 19.6 Å². The molecule has 1 aliphatic rings. The average molecular weight is 324 g/mol. The number of thiophene rings is 1. The van der Waals surface area contributed by atoms with Gasteiger partial charge in [0.25, 0.3) is 0 Å². The van der Waals surface area contributed by atoms with Gasteiger partial charge in [-0.3, -0.25) is 4.79 Å². The van der Waals surface area contributed by atoms with E-state index in [0.717, 1.165) is 30.6 Å². The first-order valence-corrected chi connectivity index (χ1v) is 8.44. The summed E-state index contributed by atoms with van der Waals surface area (Å²) in [7, 11) is 0. The number of benzene rings is 1. The van der Waals surface area contributed by atoms with E-state index in [9.17, 15) is 4.79 Å². The third kappa shape index (κ3) is 4.06. The van der Waals surface area contributed by atoms with Crippen LogP contribution in [-0.2, 0) is 0 Å². The molecule has 0 N–H and O–H groups in total. The van der Waals surface area contributed by atoms with Crippen LogP contribution in [0.5, 0.6) is 0 Å². The molecule has 1 aromatic heterocycles. The van der Waals surface area contributed by atoms with Crippen molar-refractivity contribution in [2.24, 2.45) is 0 Å². The van der Waals surface area contributed by atoms with Crippen molar-refractivity contribution in [1.29, 1.82) is 0 Å². The lowest BCUT2D eigenvalue weighted by molar-refractivity contribution is 0.0967. The monoisotopic (exact) mass is 323 g/mol. The number of nitrogens with zero attached hydrogens (tertiary/aromatic N) is 1. The normalized spacial score (nSPS) is 16.4. The Morgan fingerprint density at radius 2 is 1.81 bits per heavy atom. The Morgan fingerprint density at radius 3 is 2.57 bits per heavy atom. The topological polar surface area (TPSA) is 20.3 Å². The molecule has 0 spiro atoms. The van der Waals surface area contributed by atoms with Crippen LogP contribution in [0.4, 0.5) is 0 Å². The Labute approximate surface area is 136 Å². The second kappa shape index (κ2) is 7.92. The first-order chi connectivity index (χ1) is 9.84. The Kier molecular flexibility index (Phi) is 6.22. The van der Waals surface area contributed by atoms with Gasteiger partial charge in [-0.1, -0.05) is 31.0 Å². The standard InChI is InChI=1S/C17H21NOS.ClH/c19-16(9-12-18-10-5-1-2-6-11-18)15-13-20-17-8-4-3-7-14(15)17;/h3-4,7-8,13H,1-2,5-6,9-12H2;1H. The number of carbonyl (C=O) groups is 1. The summed E-state index contributed by atoms with van der Waals surface area (Å²) in [5.41, 5.74) is 0.917. The van der Waals surface area contributed by atoms with Crippen LogP contribution in [-0.4, -0.2) is 30.3 Å². The van der Waals surface area contributed by atoms with Gasteiger partial charge in [0.1, 0.15) is 0 Å². The minimum absolute atomic E-state index is 0. The predicted molar refractivity (Wildman–Crippen MR) is 92.9 cm³/mol. The van der Waals surface area contributed by atoms with Crippen molar-refractivity contribution < 1.29 is 4.79 Å². The average Bonchev–Trinajstić information content (AvgIpc) is 2.73. The summed E-state index contributed by atoms with van der Waals surface area (Å²) in [6, 6.07) is 8.20. The summed E-state index contributed by atoms with van der Waals surface area (Å²) in [6.45, 7) is 3.25. The van der Waals surface area contributed by atoms with Gasteiger partial charge < -0.3 is 4.90 Å². The molecule has 114 valence electrons. The first kappa shape index (κ1) is 16.5. The van der Waals surface area contributed by atoms with Gasteiger partial charge in [-0.25, -0.2) is 0 Å². The fourth-order valence-electron chi connectivity index (χ4n) is 2.95. The highest BCUT2D eigenvalue weighted by molar-refractivity contribution is 7.17. The molecule has 0 unspecified atom stereocenters. The lowest BCUT2D eigenvalue weighted by Crippen LogP contribution is -2.27. The Morgan fingerprint density at radius 1 is 1.10 bits per heavy atom. The molecule has 1 aromatic carbocycles. The summed E-state index contributed by atoms with van der Waals surface area (Å²) >= 11 is 1.67. The number of ketones is 1. The third-order valence-electron chi connectivity index (χ3n) is 4.14. The van der Waals surface area contributed by atoms with Gasteiger partial charge in [0.15, 0.2) is 5.78 Å². The molecular formula is C17H22ClNOS. The largest absolute Gasteiger partial charge is 0.303 e. The molecule has 0 aliphatic carbocycles. The number of hydrogen-bond acceptors (Lipinski definition) is 3. The van der Waals surface area contributed by atoms with Crippen molar-refractivity contribution in [1.82, 2.24) is 4.90 Å². The molecule has 0 atom stereocenters. The Hall–Kier alpha value is -0.900. The van der Waals surface area contributed by atoms with Gasteiger partial charge in [-0.2, -0.15) is 0 Å². The zero-order valence-corrected chi connectivity index (χ0v) is 13.8. The lowest BCUT2D eigenvalue weighted by atomic mass is 10.1. The van der Waals surface area contributed by atoms with E-state index in [4.69, 9.17) is 0 Å². The number of Topliss-reactive ketones (excluding diaryl/α,β-unsaturated/α-hetero) is 1. The van der Waals surface area contributed by atoms with E-state index in [1.54, 1.807) is 11.3 Å². The maximum Gasteiger partial charge on any atom is 0.165 e. The van der Waals surface area contributed by atoms with Crippen molar-refractivity contribution in [3.05, 3.63) is 35.2 Å². The van der Waals surface area contributed by atoms with Gasteiger partial charge in [0.05, 0.1) is 0 Å². The molecule has 2 heterocycles. The molecule has 3 rings (SSSR count). The van der Waals surface area contributed by atoms with Gasteiger partial charge in [0.2, 0.25) is 0 Å². The number of hydrogen-bond donors (Lipinski definition) is 0. The summed E-state index contributed by atoms with van der Waals surface area (Å²) < 4.78 is 1.21. The van der Waals surface area contributed by atoms with E-state index in [1.807, 2.05) is 17.5 Å². The van der Waals surface area contributed by atoms with Crippen molar-refractivity contribution in [3.8, 4) is 0 Å². The molecule has 1 aliphatic heterocycles. The number of rotatable bonds is 4. The maximum atomic E-state index is 12.4. The van der Waals surface area contributed by atoms with Crippen LogP contribution in [0, 0.1) is 0 Å². The van der Waals surface area contributed by atoms with Crippen molar-refractivity contribution >= 4 is 39.6 Å². The summed E-state index contributed by atoms with van der Waals surface area (Å²) in [5.74, 6) is 0.298. The van der Waals surface area contributed by atoms with E-state index in [0.29, 0.717) is 12.2 Å². The smallest absolute Gasteiger partial charge is 0.165 e. The van der Waals surface area contributed by atoms with Crippen LogP contribution in [0.3, 0.4) is 0 Å². The number of fused-ring (bicyclic) bond motifs is 1. The molecule has 0 radical (unpaired) electrons. The molecule has 0 amide bonds. The van der Waals surface area contributed by atoms with Crippen LogP contribution < -0.4 is 0 Å². The summed E-state index contributed by atoms with van der Waals surface area (Å²) in [5, 5.41) is 3.15. The van der Waals surface area contributed by atoms with Crippen LogP contribution in [0.1, 0.15) is 42.5 Å². The van der Waals surface area contributed by atoms with Crippen LogP contribution in [0.2, 0.25) is 0 Å². The van der Waals surface area contributed by atoms with Gasteiger partial charge in [0, 0.05) is 34.0 Å². The fraction of sp³-hybridized carbons (Fsp3) is 0.471. The number of carbonyl (C=O) groups excluding carboxylic acids is 1. The Balaban J connectivity index is 0.00000161. The number of likely N-dealkylation sites (tertiary alicyclic amines) is 1. The lowest BCUT2D eigenvalue weighted by Gasteiger charge is -2.18. The van der Waals surface area contributed by atoms with Crippen LogP contribution in [0.15, 0.2) is 29.6 Å². The minimum atomic E-state index is 0. The highest BCUT2D eigenvalue weighted by atomic mass is 35.5. The second-order valence-corrected chi connectivity index (χ2v) is 6.49. The molecule has 21 heavy (non-hydrogen) atoms. The summed E-state index contributed by atoms with van der Waals surface area (Å²) in [6.07, 6.45) is 5.92. The zero-order valence-electron chi connectivity index (χ0n) is 12.2. The summed E-state index contributed by atoms with van der Waals surface area (Å²) in [4.78, 5) is 14.9. The van der Waals surface area contributed by atoms with Crippen molar-refractivity contribution in [3.63, 3.8) is 0 Å². The van der Waals surface area contributed by atoms with Crippen LogP contribution >= 0.6 is 23.7 Å². The predicted octanol–water partition coefficient (Wildman–Crippen LogP) is 4.77. The molecule has 0 bridgehead atoms. The Bertz CT molecular complexity index is 587. The van der Waals surface area contributed by atoms with Gasteiger partial charge in [-0.15, -0.1) is 23.7 Å². The fourth-order valence-corrected chi connectivity index (χ4v) is 3.91. The highest BCUT2D eigenvalue weighted by Gasteiger charge is 2.14. The minimum Gasteiger partial charge on any atom is -0.303 e. The molecule has 1 fully saturated rings. The van der Waals surface area contributed by atoms with E-state index >= 15 is 0 Å². The molecular weight excluding hydrogens is 302 g/mol. The van der Waals surface area contributed by atoms with E-state index in [2.05, 4.69) is 17.0 Å². The van der Waals surface area contributed by atoms with E-state index in [-0.39, 0.29) is 12.4 Å². The molecule has 0 saturated carbocycles. The third-order valence-corrected chi connectivity index (χ3v) is 5.10. The first-order valence-electron chi connectivity index (χ1n) is 7.56. The second-order valence-electron chi connectivity index (χ2n) is 5.57. The quantitative estimate of drug-likeness (QED) is 0.755. The molecule has 2 nitrogen and oxygen atoms in total. The number of halogens is 1.